The van der Waals surface area contributed by atoms with Crippen LogP contribution in [0.5, 0.6) is 0 Å². The van der Waals surface area contributed by atoms with Crippen LogP contribution in [0.25, 0.3) is 0 Å². The summed E-state index contributed by atoms with van der Waals surface area (Å²) in [5.74, 6) is -0.235. The highest BCUT2D eigenvalue weighted by molar-refractivity contribution is 5.92. The normalized spacial score (nSPS) is 21.6. The van der Waals surface area contributed by atoms with Crippen molar-refractivity contribution in [1.29, 1.82) is 0 Å². The van der Waals surface area contributed by atoms with Crippen LogP contribution in [0, 0.1) is 0 Å². The standard InChI is InChI=1S/C14H23NO4/c1-5-6-7-11-10-18-9-8-12(16)15(11)13(17)19-14(2,3)4/h5-6,11H,7-10H2,1-4H3. The summed E-state index contributed by atoms with van der Waals surface area (Å²) in [6, 6.07) is -0.291. The van der Waals surface area contributed by atoms with E-state index in [2.05, 4.69) is 0 Å². The molecule has 1 atom stereocenters. The molecule has 108 valence electrons. The van der Waals surface area contributed by atoms with Gasteiger partial charge in [0.15, 0.2) is 0 Å². The summed E-state index contributed by atoms with van der Waals surface area (Å²) in [6.07, 6.45) is 4.03. The summed E-state index contributed by atoms with van der Waals surface area (Å²) in [5, 5.41) is 0. The van der Waals surface area contributed by atoms with Crippen LogP contribution in [0.2, 0.25) is 0 Å². The maximum atomic E-state index is 12.2. The van der Waals surface area contributed by atoms with Crippen LogP contribution in [-0.2, 0) is 14.3 Å². The lowest BCUT2D eigenvalue weighted by molar-refractivity contribution is -0.131. The van der Waals surface area contributed by atoms with Crippen molar-refractivity contribution in [2.75, 3.05) is 13.2 Å². The van der Waals surface area contributed by atoms with Gasteiger partial charge in [0.05, 0.1) is 25.7 Å². The largest absolute Gasteiger partial charge is 0.443 e. The Hall–Kier alpha value is -1.36. The highest BCUT2D eigenvalue weighted by atomic mass is 16.6. The van der Waals surface area contributed by atoms with Gasteiger partial charge in [-0.05, 0) is 34.1 Å². The molecule has 0 bridgehead atoms. The van der Waals surface area contributed by atoms with Crippen LogP contribution in [0.15, 0.2) is 12.2 Å². The first-order chi connectivity index (χ1) is 8.85. The molecule has 0 aromatic heterocycles. The minimum Gasteiger partial charge on any atom is -0.443 e. The van der Waals surface area contributed by atoms with Gasteiger partial charge in [-0.15, -0.1) is 0 Å². The molecule has 1 unspecified atom stereocenters. The van der Waals surface area contributed by atoms with Crippen LogP contribution in [-0.4, -0.2) is 41.8 Å². The first kappa shape index (κ1) is 15.7. The third-order valence-corrected chi connectivity index (χ3v) is 2.64. The fraction of sp³-hybridized carbons (Fsp3) is 0.714. The first-order valence-electron chi connectivity index (χ1n) is 6.59. The van der Waals surface area contributed by atoms with E-state index in [1.807, 2.05) is 19.1 Å². The number of carbonyl (C=O) groups excluding carboxylic acids is 2. The van der Waals surface area contributed by atoms with Crippen molar-refractivity contribution < 1.29 is 19.1 Å². The van der Waals surface area contributed by atoms with Gasteiger partial charge in [0.2, 0.25) is 5.91 Å². The van der Waals surface area contributed by atoms with E-state index in [0.29, 0.717) is 19.6 Å². The van der Waals surface area contributed by atoms with E-state index < -0.39 is 11.7 Å². The fourth-order valence-corrected chi connectivity index (χ4v) is 1.81. The van der Waals surface area contributed by atoms with Crippen LogP contribution in [0.3, 0.4) is 0 Å². The molecule has 19 heavy (non-hydrogen) atoms. The van der Waals surface area contributed by atoms with Gasteiger partial charge in [-0.25, -0.2) is 9.69 Å². The second-order valence-corrected chi connectivity index (χ2v) is 5.53. The molecule has 1 aliphatic rings. The van der Waals surface area contributed by atoms with Crippen molar-refractivity contribution in [3.63, 3.8) is 0 Å². The first-order valence-corrected chi connectivity index (χ1v) is 6.59. The second kappa shape index (κ2) is 6.70. The molecule has 0 aromatic rings. The molecule has 0 aromatic carbocycles. The van der Waals surface area contributed by atoms with Gasteiger partial charge in [0, 0.05) is 0 Å². The molecule has 5 heteroatoms. The Labute approximate surface area is 114 Å². The Bertz CT molecular complexity index is 357. The molecule has 5 nitrogen and oxygen atoms in total. The van der Waals surface area contributed by atoms with Crippen molar-refractivity contribution in [3.8, 4) is 0 Å². The minimum absolute atomic E-state index is 0.214. The fourth-order valence-electron chi connectivity index (χ4n) is 1.81. The van der Waals surface area contributed by atoms with Crippen LogP contribution >= 0.6 is 0 Å². The lowest BCUT2D eigenvalue weighted by Gasteiger charge is -2.29. The third-order valence-electron chi connectivity index (χ3n) is 2.64. The van der Waals surface area contributed by atoms with Gasteiger partial charge in [0.25, 0.3) is 0 Å². The molecule has 1 rings (SSSR count). The van der Waals surface area contributed by atoms with Crippen LogP contribution < -0.4 is 0 Å². The SMILES string of the molecule is CC=CCC1COCCC(=O)N1C(=O)OC(C)(C)C. The predicted molar refractivity (Wildman–Crippen MR) is 71.7 cm³/mol. The van der Waals surface area contributed by atoms with Crippen molar-refractivity contribution in [1.82, 2.24) is 4.90 Å². The van der Waals surface area contributed by atoms with E-state index >= 15 is 0 Å². The Morgan fingerprint density at radius 3 is 2.79 bits per heavy atom. The smallest absolute Gasteiger partial charge is 0.417 e. The van der Waals surface area contributed by atoms with Gasteiger partial charge in [-0.2, -0.15) is 0 Å². The summed E-state index contributed by atoms with van der Waals surface area (Å²) in [4.78, 5) is 25.4. The van der Waals surface area contributed by atoms with Crippen molar-refractivity contribution in [2.45, 2.75) is 52.2 Å². The number of rotatable bonds is 2. The quantitative estimate of drug-likeness (QED) is 0.723. The lowest BCUT2D eigenvalue weighted by Crippen LogP contribution is -2.47. The molecular weight excluding hydrogens is 246 g/mol. The summed E-state index contributed by atoms with van der Waals surface area (Å²) in [7, 11) is 0. The van der Waals surface area contributed by atoms with Gasteiger partial charge < -0.3 is 9.47 Å². The second-order valence-electron chi connectivity index (χ2n) is 5.53. The zero-order chi connectivity index (χ0) is 14.5. The average Bonchev–Trinajstić information content (AvgIpc) is 2.45. The summed E-state index contributed by atoms with van der Waals surface area (Å²) < 4.78 is 10.7. The average molecular weight is 269 g/mol. The molecule has 0 N–H and O–H groups in total. The number of nitrogens with zero attached hydrogens (tertiary/aromatic N) is 1. The molecule has 1 saturated heterocycles. The number of hydrogen-bond donors (Lipinski definition) is 0. The Balaban J connectivity index is 2.86. The van der Waals surface area contributed by atoms with Crippen LogP contribution in [0.4, 0.5) is 4.79 Å². The molecule has 1 heterocycles. The van der Waals surface area contributed by atoms with E-state index in [1.165, 1.54) is 4.90 Å². The number of carbonyl (C=O) groups is 2. The summed E-state index contributed by atoms with van der Waals surface area (Å²) in [5.41, 5.74) is -0.615. The summed E-state index contributed by atoms with van der Waals surface area (Å²) >= 11 is 0. The molecule has 2 amide bonds. The zero-order valence-electron chi connectivity index (χ0n) is 12.1. The van der Waals surface area contributed by atoms with Gasteiger partial charge in [-0.1, -0.05) is 12.2 Å². The van der Waals surface area contributed by atoms with E-state index in [0.717, 1.165) is 0 Å². The molecular formula is C14H23NO4. The number of imide groups is 1. The van der Waals surface area contributed by atoms with E-state index in [4.69, 9.17) is 9.47 Å². The number of allylic oxidation sites excluding steroid dienone is 1. The van der Waals surface area contributed by atoms with Crippen LogP contribution in [0.1, 0.15) is 40.5 Å². The molecule has 1 aliphatic heterocycles. The molecule has 1 fully saturated rings. The molecule has 0 saturated carbocycles. The summed E-state index contributed by atoms with van der Waals surface area (Å²) in [6.45, 7) is 7.96. The maximum Gasteiger partial charge on any atom is 0.417 e. The molecule has 0 spiro atoms. The van der Waals surface area contributed by atoms with E-state index in [9.17, 15) is 9.59 Å². The minimum atomic E-state index is -0.615. The lowest BCUT2D eigenvalue weighted by atomic mass is 10.1. The number of hydrogen-bond acceptors (Lipinski definition) is 4. The van der Waals surface area contributed by atoms with Crippen molar-refractivity contribution in [3.05, 3.63) is 12.2 Å². The van der Waals surface area contributed by atoms with Gasteiger partial charge in [-0.3, -0.25) is 4.79 Å². The highest BCUT2D eigenvalue weighted by Crippen LogP contribution is 2.17. The number of amides is 2. The number of ether oxygens (including phenoxy) is 2. The van der Waals surface area contributed by atoms with Gasteiger partial charge >= 0.3 is 6.09 Å². The van der Waals surface area contributed by atoms with Crippen molar-refractivity contribution >= 4 is 12.0 Å². The van der Waals surface area contributed by atoms with E-state index in [1.54, 1.807) is 20.8 Å². The molecule has 0 radical (unpaired) electrons. The van der Waals surface area contributed by atoms with Crippen molar-refractivity contribution in [2.24, 2.45) is 0 Å². The topological polar surface area (TPSA) is 55.8 Å². The predicted octanol–water partition coefficient (Wildman–Crippen LogP) is 2.51. The molecule has 0 aliphatic carbocycles. The zero-order valence-corrected chi connectivity index (χ0v) is 12.1. The van der Waals surface area contributed by atoms with Gasteiger partial charge in [0.1, 0.15) is 5.60 Å². The highest BCUT2D eigenvalue weighted by Gasteiger charge is 2.34. The van der Waals surface area contributed by atoms with E-state index in [-0.39, 0.29) is 18.4 Å². The Morgan fingerprint density at radius 1 is 1.53 bits per heavy atom. The third kappa shape index (κ3) is 5.03. The Kier molecular flexibility index (Phi) is 5.54. The maximum absolute atomic E-state index is 12.2. The Morgan fingerprint density at radius 2 is 2.21 bits per heavy atom. The monoisotopic (exact) mass is 269 g/mol.